The first-order valence-corrected chi connectivity index (χ1v) is 13.0. The zero-order chi connectivity index (χ0) is 25.2. The number of carbonyl (C=O) groups excluding carboxylic acids is 1. The van der Waals surface area contributed by atoms with Crippen LogP contribution < -0.4 is 4.74 Å². The van der Waals surface area contributed by atoms with Gasteiger partial charge in [-0.25, -0.2) is 4.79 Å². The van der Waals surface area contributed by atoms with Crippen molar-refractivity contribution in [3.05, 3.63) is 29.3 Å². The number of amides is 1. The van der Waals surface area contributed by atoms with Crippen LogP contribution in [0.1, 0.15) is 110 Å². The summed E-state index contributed by atoms with van der Waals surface area (Å²) in [5, 5.41) is 0. The Morgan fingerprint density at radius 2 is 1.74 bits per heavy atom. The van der Waals surface area contributed by atoms with Crippen LogP contribution in [0.3, 0.4) is 0 Å². The second kappa shape index (κ2) is 13.3. The van der Waals surface area contributed by atoms with E-state index in [1.807, 2.05) is 46.8 Å². The van der Waals surface area contributed by atoms with Gasteiger partial charge in [0, 0.05) is 7.11 Å². The van der Waals surface area contributed by atoms with Crippen molar-refractivity contribution in [1.82, 2.24) is 4.90 Å². The molecule has 0 radical (unpaired) electrons. The minimum Gasteiger partial charge on any atom is -0.467 e. The SMILES string of the molecule is CCCCCCCCCCc1cc(C2COC(C)(C)N2C(=O)OC(C)(C)C)ccc1OCOC. The lowest BCUT2D eigenvalue weighted by Gasteiger charge is -2.35. The van der Waals surface area contributed by atoms with Gasteiger partial charge in [0.1, 0.15) is 17.1 Å². The maximum atomic E-state index is 13.1. The second-order valence-corrected chi connectivity index (χ2v) is 10.8. The molecule has 194 valence electrons. The first kappa shape index (κ1) is 28.4. The van der Waals surface area contributed by atoms with Crippen LogP contribution in [0.4, 0.5) is 4.79 Å². The van der Waals surface area contributed by atoms with Crippen molar-refractivity contribution in [3.8, 4) is 5.75 Å². The van der Waals surface area contributed by atoms with Crippen LogP contribution in [-0.4, -0.2) is 42.8 Å². The number of benzene rings is 1. The first-order valence-electron chi connectivity index (χ1n) is 13.0. The van der Waals surface area contributed by atoms with E-state index in [0.717, 1.165) is 29.7 Å². The van der Waals surface area contributed by atoms with Crippen molar-refractivity contribution < 1.29 is 23.7 Å². The normalized spacial score (nSPS) is 17.7. The van der Waals surface area contributed by atoms with Gasteiger partial charge in [0.15, 0.2) is 6.79 Å². The smallest absolute Gasteiger partial charge is 0.413 e. The maximum Gasteiger partial charge on any atom is 0.413 e. The average Bonchev–Trinajstić information content (AvgIpc) is 3.08. The molecule has 1 amide bonds. The quantitative estimate of drug-likeness (QED) is 0.219. The molecule has 1 aliphatic heterocycles. The number of hydrogen-bond acceptors (Lipinski definition) is 5. The lowest BCUT2D eigenvalue weighted by molar-refractivity contribution is -0.0626. The van der Waals surface area contributed by atoms with Gasteiger partial charge in [-0.05, 0) is 70.7 Å². The standard InChI is InChI=1S/C28H47NO5/c1-8-9-10-11-12-13-14-15-16-23-19-22(17-18-25(23)32-21-31-7)24-20-33-28(5,6)29(24)26(30)34-27(2,3)4/h17-19,24H,8-16,20-21H2,1-7H3. The Kier molecular flexibility index (Phi) is 11.2. The van der Waals surface area contributed by atoms with Gasteiger partial charge in [-0.3, -0.25) is 4.90 Å². The molecule has 34 heavy (non-hydrogen) atoms. The molecule has 2 rings (SSSR count). The van der Waals surface area contributed by atoms with Crippen LogP contribution in [0.25, 0.3) is 0 Å². The highest BCUT2D eigenvalue weighted by atomic mass is 16.7. The molecular formula is C28H47NO5. The highest BCUT2D eigenvalue weighted by molar-refractivity contribution is 5.70. The fourth-order valence-electron chi connectivity index (χ4n) is 4.42. The van der Waals surface area contributed by atoms with E-state index in [9.17, 15) is 4.79 Å². The Balaban J connectivity index is 2.12. The molecule has 1 atom stereocenters. The van der Waals surface area contributed by atoms with E-state index < -0.39 is 11.3 Å². The van der Waals surface area contributed by atoms with Gasteiger partial charge in [0.05, 0.1) is 12.6 Å². The number of unbranched alkanes of at least 4 members (excludes halogenated alkanes) is 7. The third-order valence-corrected chi connectivity index (χ3v) is 6.18. The van der Waals surface area contributed by atoms with E-state index in [4.69, 9.17) is 18.9 Å². The Morgan fingerprint density at radius 1 is 1.09 bits per heavy atom. The number of ether oxygens (including phenoxy) is 4. The van der Waals surface area contributed by atoms with Crippen LogP contribution in [0.15, 0.2) is 18.2 Å². The summed E-state index contributed by atoms with van der Waals surface area (Å²) in [6, 6.07) is 5.97. The monoisotopic (exact) mass is 477 g/mol. The average molecular weight is 478 g/mol. The zero-order valence-corrected chi connectivity index (χ0v) is 22.6. The Hall–Kier alpha value is -1.79. The number of rotatable bonds is 13. The molecule has 0 aliphatic carbocycles. The summed E-state index contributed by atoms with van der Waals surface area (Å²) in [5.74, 6) is 0.843. The molecule has 0 N–H and O–H groups in total. The van der Waals surface area contributed by atoms with Gasteiger partial charge in [-0.2, -0.15) is 0 Å². The maximum absolute atomic E-state index is 13.1. The fraction of sp³-hybridized carbons (Fsp3) is 0.750. The molecule has 1 aromatic carbocycles. The lowest BCUT2D eigenvalue weighted by atomic mass is 9.98. The molecule has 1 aliphatic rings. The molecule has 1 saturated heterocycles. The topological polar surface area (TPSA) is 57.2 Å². The van der Waals surface area contributed by atoms with Crippen LogP contribution in [0.2, 0.25) is 0 Å². The molecule has 6 heteroatoms. The summed E-state index contributed by atoms with van der Waals surface area (Å²) in [7, 11) is 1.63. The van der Waals surface area contributed by atoms with E-state index >= 15 is 0 Å². The summed E-state index contributed by atoms with van der Waals surface area (Å²) in [5.41, 5.74) is 0.876. The van der Waals surface area contributed by atoms with E-state index in [2.05, 4.69) is 13.0 Å². The second-order valence-electron chi connectivity index (χ2n) is 10.8. The van der Waals surface area contributed by atoms with E-state index in [1.165, 1.54) is 44.9 Å². The highest BCUT2D eigenvalue weighted by Gasteiger charge is 2.46. The predicted octanol–water partition coefficient (Wildman–Crippen LogP) is 7.40. The van der Waals surface area contributed by atoms with Crippen LogP contribution in [0.5, 0.6) is 5.75 Å². The molecule has 0 spiro atoms. The predicted molar refractivity (Wildman–Crippen MR) is 136 cm³/mol. The molecule has 1 aromatic rings. The minimum absolute atomic E-state index is 0.210. The molecule has 1 heterocycles. The zero-order valence-electron chi connectivity index (χ0n) is 22.6. The van der Waals surface area contributed by atoms with Gasteiger partial charge >= 0.3 is 6.09 Å². The third kappa shape index (κ3) is 8.77. The number of methoxy groups -OCH3 is 1. The number of hydrogen-bond donors (Lipinski definition) is 0. The molecule has 6 nitrogen and oxygen atoms in total. The summed E-state index contributed by atoms with van der Waals surface area (Å²) in [6.45, 7) is 12.4. The van der Waals surface area contributed by atoms with Gasteiger partial charge in [0.2, 0.25) is 0 Å². The van der Waals surface area contributed by atoms with E-state index in [-0.39, 0.29) is 18.9 Å². The Labute approximate surface area is 207 Å². The van der Waals surface area contributed by atoms with E-state index in [1.54, 1.807) is 12.0 Å². The third-order valence-electron chi connectivity index (χ3n) is 6.18. The fourth-order valence-corrected chi connectivity index (χ4v) is 4.42. The molecule has 0 saturated carbocycles. The van der Waals surface area contributed by atoms with E-state index in [0.29, 0.717) is 6.61 Å². The van der Waals surface area contributed by atoms with Crippen LogP contribution >= 0.6 is 0 Å². The van der Waals surface area contributed by atoms with Gasteiger partial charge in [-0.1, -0.05) is 57.9 Å². The summed E-state index contributed by atoms with van der Waals surface area (Å²) in [4.78, 5) is 14.8. The lowest BCUT2D eigenvalue weighted by Crippen LogP contribution is -2.47. The van der Waals surface area contributed by atoms with Crippen molar-refractivity contribution >= 4 is 6.09 Å². The van der Waals surface area contributed by atoms with Crippen LogP contribution in [0, 0.1) is 0 Å². The molecule has 1 fully saturated rings. The first-order chi connectivity index (χ1) is 16.1. The molecule has 0 bridgehead atoms. The van der Waals surface area contributed by atoms with Crippen molar-refractivity contribution in [2.45, 2.75) is 117 Å². The minimum atomic E-state index is -0.740. The summed E-state index contributed by atoms with van der Waals surface area (Å²) in [6.07, 6.45) is 10.8. The van der Waals surface area contributed by atoms with Crippen LogP contribution in [-0.2, 0) is 20.6 Å². The van der Waals surface area contributed by atoms with Crippen molar-refractivity contribution in [1.29, 1.82) is 0 Å². The number of carbonyl (C=O) groups is 1. The molecule has 0 aromatic heterocycles. The number of aryl methyl sites for hydroxylation is 1. The van der Waals surface area contributed by atoms with Gasteiger partial charge < -0.3 is 18.9 Å². The summed E-state index contributed by atoms with van der Waals surface area (Å²) >= 11 is 0. The van der Waals surface area contributed by atoms with Crippen molar-refractivity contribution in [2.24, 2.45) is 0 Å². The van der Waals surface area contributed by atoms with Gasteiger partial charge in [-0.15, -0.1) is 0 Å². The largest absolute Gasteiger partial charge is 0.467 e. The van der Waals surface area contributed by atoms with Gasteiger partial charge in [0.25, 0.3) is 0 Å². The Morgan fingerprint density at radius 3 is 2.35 bits per heavy atom. The molecule has 1 unspecified atom stereocenters. The Bertz CT molecular complexity index is 756. The number of nitrogens with zero attached hydrogens (tertiary/aromatic N) is 1. The van der Waals surface area contributed by atoms with Crippen molar-refractivity contribution in [3.63, 3.8) is 0 Å². The summed E-state index contributed by atoms with van der Waals surface area (Å²) < 4.78 is 22.7. The van der Waals surface area contributed by atoms with Crippen molar-refractivity contribution in [2.75, 3.05) is 20.5 Å². The molecular weight excluding hydrogens is 430 g/mol. The highest BCUT2D eigenvalue weighted by Crippen LogP contribution is 2.39.